The normalized spacial score (nSPS) is 14.9. The Labute approximate surface area is 170 Å². The summed E-state index contributed by atoms with van der Waals surface area (Å²) in [6.45, 7) is 0. The highest BCUT2D eigenvalue weighted by Crippen LogP contribution is 2.18. The van der Waals surface area contributed by atoms with Crippen molar-refractivity contribution in [1.29, 1.82) is 0 Å². The minimum Gasteiger partial charge on any atom is -0.497 e. The molecule has 152 valence electrons. The zero-order valence-electron chi connectivity index (χ0n) is 16.6. The summed E-state index contributed by atoms with van der Waals surface area (Å²) in [5.74, 6) is -0.191. The minimum absolute atomic E-state index is 0.0830. The van der Waals surface area contributed by atoms with E-state index < -0.39 is 5.97 Å². The van der Waals surface area contributed by atoms with Crippen LogP contribution in [0.2, 0.25) is 0 Å². The molecule has 29 heavy (non-hydrogen) atoms. The van der Waals surface area contributed by atoms with Crippen LogP contribution in [0.4, 0.5) is 0 Å². The lowest BCUT2D eigenvalue weighted by Gasteiger charge is -2.23. The van der Waals surface area contributed by atoms with E-state index in [2.05, 4.69) is 10.5 Å². The molecule has 6 nitrogen and oxygen atoms in total. The highest BCUT2D eigenvalue weighted by Gasteiger charge is 2.21. The van der Waals surface area contributed by atoms with E-state index >= 15 is 0 Å². The van der Waals surface area contributed by atoms with E-state index in [0.29, 0.717) is 11.3 Å². The molecule has 0 atom stereocenters. The summed E-state index contributed by atoms with van der Waals surface area (Å²) < 4.78 is 5.17. The second-order valence-electron chi connectivity index (χ2n) is 7.10. The van der Waals surface area contributed by atoms with Gasteiger partial charge in [-0.25, -0.2) is 4.79 Å². The molecule has 1 aliphatic carbocycles. The van der Waals surface area contributed by atoms with Crippen LogP contribution in [0, 0.1) is 0 Å². The highest BCUT2D eigenvalue weighted by atomic mass is 16.7. The van der Waals surface area contributed by atoms with Crippen molar-refractivity contribution in [3.05, 3.63) is 65.7 Å². The Hall–Kier alpha value is -3.15. The standard InChI is InChI=1S/C23H26N2O4/c1-28-20-14-12-18(13-15-20)22(23(27)24-19-10-6-3-7-11-19)25-29-21(26)16-17-8-4-2-5-9-17/h2,4-5,8-9,12-15,19H,3,6-7,10-11,16H2,1H3,(H,24,27)/b25-22-. The smallest absolute Gasteiger partial charge is 0.339 e. The van der Waals surface area contributed by atoms with Crippen LogP contribution in [0.15, 0.2) is 59.8 Å². The largest absolute Gasteiger partial charge is 0.497 e. The molecule has 6 heteroatoms. The molecular weight excluding hydrogens is 368 g/mol. The molecule has 1 aliphatic rings. The molecule has 2 aromatic carbocycles. The molecule has 0 radical (unpaired) electrons. The first-order valence-corrected chi connectivity index (χ1v) is 9.93. The molecule has 1 fully saturated rings. The number of oxime groups is 1. The van der Waals surface area contributed by atoms with Gasteiger partial charge in [0.05, 0.1) is 13.5 Å². The maximum absolute atomic E-state index is 12.9. The lowest BCUT2D eigenvalue weighted by Crippen LogP contribution is -2.40. The monoisotopic (exact) mass is 394 g/mol. The molecule has 0 bridgehead atoms. The summed E-state index contributed by atoms with van der Waals surface area (Å²) in [5, 5.41) is 6.95. The van der Waals surface area contributed by atoms with Gasteiger partial charge in [-0.2, -0.15) is 0 Å². The first-order chi connectivity index (χ1) is 14.2. The number of nitrogens with one attached hydrogen (secondary N) is 1. The van der Waals surface area contributed by atoms with Crippen molar-refractivity contribution in [2.24, 2.45) is 5.16 Å². The molecule has 0 aliphatic heterocycles. The van der Waals surface area contributed by atoms with Gasteiger partial charge >= 0.3 is 5.97 Å². The van der Waals surface area contributed by atoms with E-state index in [1.807, 2.05) is 30.3 Å². The van der Waals surface area contributed by atoms with Gasteiger partial charge in [-0.05, 0) is 42.7 Å². The summed E-state index contributed by atoms with van der Waals surface area (Å²) in [4.78, 5) is 30.1. The Morgan fingerprint density at radius 1 is 1.00 bits per heavy atom. The van der Waals surface area contributed by atoms with Crippen molar-refractivity contribution in [3.63, 3.8) is 0 Å². The highest BCUT2D eigenvalue weighted by molar-refractivity contribution is 6.45. The molecule has 0 aromatic heterocycles. The summed E-state index contributed by atoms with van der Waals surface area (Å²) in [6.07, 6.45) is 5.40. The molecule has 1 N–H and O–H groups in total. The Bertz CT molecular complexity index is 841. The summed E-state index contributed by atoms with van der Waals surface area (Å²) in [7, 11) is 1.57. The zero-order valence-corrected chi connectivity index (χ0v) is 16.6. The molecule has 2 aromatic rings. The molecule has 1 amide bonds. The fraction of sp³-hybridized carbons (Fsp3) is 0.348. The van der Waals surface area contributed by atoms with E-state index in [4.69, 9.17) is 9.57 Å². The van der Waals surface area contributed by atoms with Crippen molar-refractivity contribution in [2.45, 2.75) is 44.6 Å². The van der Waals surface area contributed by atoms with Gasteiger partial charge in [-0.1, -0.05) is 54.8 Å². The third-order valence-corrected chi connectivity index (χ3v) is 4.95. The maximum Gasteiger partial charge on any atom is 0.339 e. The molecular formula is C23H26N2O4. The molecule has 0 heterocycles. The van der Waals surface area contributed by atoms with Crippen LogP contribution in [0.3, 0.4) is 0 Å². The summed E-state index contributed by atoms with van der Waals surface area (Å²) >= 11 is 0. The van der Waals surface area contributed by atoms with Crippen LogP contribution < -0.4 is 10.1 Å². The second kappa shape index (κ2) is 10.4. The average molecular weight is 394 g/mol. The van der Waals surface area contributed by atoms with Crippen LogP contribution in [-0.4, -0.2) is 30.7 Å². The van der Waals surface area contributed by atoms with Crippen LogP contribution >= 0.6 is 0 Å². The lowest BCUT2D eigenvalue weighted by atomic mass is 9.95. The molecule has 0 unspecified atom stereocenters. The number of amides is 1. The fourth-order valence-corrected chi connectivity index (χ4v) is 3.37. The van der Waals surface area contributed by atoms with Gasteiger partial charge in [0, 0.05) is 11.6 Å². The number of carbonyl (C=O) groups is 2. The summed E-state index contributed by atoms with van der Waals surface area (Å²) in [6, 6.07) is 16.3. The Morgan fingerprint density at radius 3 is 2.34 bits per heavy atom. The van der Waals surface area contributed by atoms with Crippen LogP contribution in [-0.2, 0) is 20.8 Å². The number of rotatable bonds is 7. The second-order valence-corrected chi connectivity index (χ2v) is 7.10. The van der Waals surface area contributed by atoms with E-state index in [1.54, 1.807) is 31.4 Å². The maximum atomic E-state index is 12.9. The summed E-state index contributed by atoms with van der Waals surface area (Å²) in [5.41, 5.74) is 1.47. The fourth-order valence-electron chi connectivity index (χ4n) is 3.37. The van der Waals surface area contributed by atoms with E-state index in [-0.39, 0.29) is 24.1 Å². The van der Waals surface area contributed by atoms with Gasteiger partial charge in [0.2, 0.25) is 0 Å². The van der Waals surface area contributed by atoms with E-state index in [9.17, 15) is 9.59 Å². The lowest BCUT2D eigenvalue weighted by molar-refractivity contribution is -0.142. The number of methoxy groups -OCH3 is 1. The minimum atomic E-state index is -0.521. The number of hydrogen-bond acceptors (Lipinski definition) is 5. The predicted octanol–water partition coefficient (Wildman–Crippen LogP) is 3.63. The van der Waals surface area contributed by atoms with Crippen LogP contribution in [0.5, 0.6) is 5.75 Å². The first-order valence-electron chi connectivity index (χ1n) is 9.93. The van der Waals surface area contributed by atoms with Gasteiger partial charge in [-0.15, -0.1) is 0 Å². The number of ether oxygens (including phenoxy) is 1. The van der Waals surface area contributed by atoms with Crippen molar-refractivity contribution in [1.82, 2.24) is 5.32 Å². The van der Waals surface area contributed by atoms with Gasteiger partial charge in [0.15, 0.2) is 5.71 Å². The van der Waals surface area contributed by atoms with E-state index in [0.717, 1.165) is 31.2 Å². The number of benzene rings is 2. The molecule has 1 saturated carbocycles. The van der Waals surface area contributed by atoms with Crippen LogP contribution in [0.1, 0.15) is 43.2 Å². The molecule has 3 rings (SSSR count). The van der Waals surface area contributed by atoms with Gasteiger partial charge in [-0.3, -0.25) is 4.79 Å². The molecule has 0 saturated heterocycles. The Balaban J connectivity index is 1.74. The number of nitrogens with zero attached hydrogens (tertiary/aromatic N) is 1. The first kappa shape index (κ1) is 20.6. The van der Waals surface area contributed by atoms with Crippen LogP contribution in [0.25, 0.3) is 0 Å². The Morgan fingerprint density at radius 2 is 1.69 bits per heavy atom. The topological polar surface area (TPSA) is 77.0 Å². The number of carbonyl (C=O) groups excluding carboxylic acids is 2. The van der Waals surface area contributed by atoms with Crippen molar-refractivity contribution < 1.29 is 19.2 Å². The molecule has 0 spiro atoms. The zero-order chi connectivity index (χ0) is 20.5. The SMILES string of the molecule is COc1ccc(/C(=N/OC(=O)Cc2ccccc2)C(=O)NC2CCCCC2)cc1. The van der Waals surface area contributed by atoms with E-state index in [1.165, 1.54) is 6.42 Å². The Kier molecular flexibility index (Phi) is 7.39. The van der Waals surface area contributed by atoms with Gasteiger partial charge < -0.3 is 14.9 Å². The predicted molar refractivity (Wildman–Crippen MR) is 111 cm³/mol. The third-order valence-electron chi connectivity index (χ3n) is 4.95. The quantitative estimate of drug-likeness (QED) is 0.442. The van der Waals surface area contributed by atoms with Crippen molar-refractivity contribution in [2.75, 3.05) is 7.11 Å². The van der Waals surface area contributed by atoms with Gasteiger partial charge in [0.25, 0.3) is 5.91 Å². The van der Waals surface area contributed by atoms with Crippen molar-refractivity contribution in [3.8, 4) is 5.75 Å². The average Bonchev–Trinajstić information content (AvgIpc) is 2.76. The van der Waals surface area contributed by atoms with Crippen molar-refractivity contribution >= 4 is 17.6 Å². The van der Waals surface area contributed by atoms with Gasteiger partial charge in [0.1, 0.15) is 5.75 Å². The number of hydrogen-bond donors (Lipinski definition) is 1. The third kappa shape index (κ3) is 6.17.